The Morgan fingerprint density at radius 2 is 1.45 bits per heavy atom. The Labute approximate surface area is 165 Å². The van der Waals surface area contributed by atoms with Gasteiger partial charge < -0.3 is 0 Å². The molecule has 0 nitrogen and oxygen atoms in total. The summed E-state index contributed by atoms with van der Waals surface area (Å²) in [5, 5.41) is 0. The normalized spacial score (nSPS) is 13.2. The van der Waals surface area contributed by atoms with E-state index in [0.717, 1.165) is 17.7 Å². The molecule has 0 N–H and O–H groups in total. The molecule has 148 valence electrons. The number of benzene rings is 3. The maximum atomic E-state index is 14.7. The van der Waals surface area contributed by atoms with Crippen molar-refractivity contribution >= 4 is 11.6 Å². The van der Waals surface area contributed by atoms with Gasteiger partial charge in [0, 0.05) is 11.1 Å². The van der Waals surface area contributed by atoms with E-state index >= 15 is 0 Å². The lowest BCUT2D eigenvalue weighted by Gasteiger charge is -2.19. The molecule has 0 saturated carbocycles. The van der Waals surface area contributed by atoms with E-state index in [1.807, 2.05) is 6.92 Å². The zero-order valence-corrected chi connectivity index (χ0v) is 15.6. The highest BCUT2D eigenvalue weighted by molar-refractivity contribution is 5.86. The van der Waals surface area contributed by atoms with E-state index in [1.165, 1.54) is 24.3 Å². The third-order valence-electron chi connectivity index (χ3n) is 5.28. The standard InChI is InChI=1S/C24H17F5/c1-2-13-7-22(28)24(23(29)8-13)16-4-3-14-10-18(20(26)12-17(14)9-16)15-5-6-19(25)21(27)11-15/h5-12H,2-4H2,1H3. The second-order valence-corrected chi connectivity index (χ2v) is 7.12. The summed E-state index contributed by atoms with van der Waals surface area (Å²) in [4.78, 5) is 0. The summed E-state index contributed by atoms with van der Waals surface area (Å²) < 4.78 is 70.3. The van der Waals surface area contributed by atoms with Gasteiger partial charge in [0.15, 0.2) is 11.6 Å². The smallest absolute Gasteiger partial charge is 0.159 e. The predicted molar refractivity (Wildman–Crippen MR) is 104 cm³/mol. The van der Waals surface area contributed by atoms with E-state index in [1.54, 1.807) is 12.1 Å². The van der Waals surface area contributed by atoms with Crippen LogP contribution >= 0.6 is 0 Å². The zero-order valence-electron chi connectivity index (χ0n) is 15.6. The van der Waals surface area contributed by atoms with Gasteiger partial charge in [-0.15, -0.1) is 0 Å². The highest BCUT2D eigenvalue weighted by Crippen LogP contribution is 2.36. The highest BCUT2D eigenvalue weighted by atomic mass is 19.2. The van der Waals surface area contributed by atoms with Gasteiger partial charge in [-0.05, 0) is 83.5 Å². The van der Waals surface area contributed by atoms with E-state index in [2.05, 4.69) is 0 Å². The first-order valence-corrected chi connectivity index (χ1v) is 9.34. The lowest BCUT2D eigenvalue weighted by molar-refractivity contribution is 0.509. The molecular formula is C24H17F5. The largest absolute Gasteiger partial charge is 0.206 e. The van der Waals surface area contributed by atoms with Gasteiger partial charge in [-0.3, -0.25) is 0 Å². The van der Waals surface area contributed by atoms with Crippen molar-refractivity contribution in [3.8, 4) is 11.1 Å². The number of aryl methyl sites for hydroxylation is 2. The molecule has 0 heterocycles. The molecule has 29 heavy (non-hydrogen) atoms. The van der Waals surface area contributed by atoms with Crippen LogP contribution in [0, 0.1) is 29.1 Å². The van der Waals surface area contributed by atoms with E-state index in [-0.39, 0.29) is 16.7 Å². The monoisotopic (exact) mass is 400 g/mol. The van der Waals surface area contributed by atoms with Crippen LogP contribution in [0.2, 0.25) is 0 Å². The third kappa shape index (κ3) is 3.57. The predicted octanol–water partition coefficient (Wildman–Crippen LogP) is 7.10. The Hall–Kier alpha value is -2.95. The molecule has 0 unspecified atom stereocenters. The van der Waals surface area contributed by atoms with Crippen molar-refractivity contribution in [2.75, 3.05) is 0 Å². The first-order valence-electron chi connectivity index (χ1n) is 9.34. The van der Waals surface area contributed by atoms with Crippen LogP contribution in [0.15, 0.2) is 42.5 Å². The lowest BCUT2D eigenvalue weighted by Crippen LogP contribution is -2.05. The average molecular weight is 400 g/mol. The topological polar surface area (TPSA) is 0 Å². The molecule has 0 spiro atoms. The Bertz CT molecular complexity index is 1120. The first kappa shape index (κ1) is 19.4. The molecule has 3 aromatic rings. The van der Waals surface area contributed by atoms with Crippen molar-refractivity contribution in [2.24, 2.45) is 0 Å². The first-order chi connectivity index (χ1) is 13.9. The molecule has 3 aromatic carbocycles. The van der Waals surface area contributed by atoms with Gasteiger partial charge in [-0.1, -0.05) is 19.1 Å². The van der Waals surface area contributed by atoms with Crippen LogP contribution in [0.5, 0.6) is 0 Å². The summed E-state index contributed by atoms with van der Waals surface area (Å²) in [7, 11) is 0. The number of allylic oxidation sites excluding steroid dienone is 1. The fourth-order valence-corrected chi connectivity index (χ4v) is 3.73. The third-order valence-corrected chi connectivity index (χ3v) is 5.28. The van der Waals surface area contributed by atoms with E-state index < -0.39 is 29.1 Å². The van der Waals surface area contributed by atoms with Crippen LogP contribution in [0.3, 0.4) is 0 Å². The van der Waals surface area contributed by atoms with Crippen molar-refractivity contribution in [1.82, 2.24) is 0 Å². The summed E-state index contributed by atoms with van der Waals surface area (Å²) in [6.45, 7) is 1.82. The van der Waals surface area contributed by atoms with Gasteiger partial charge in [-0.2, -0.15) is 0 Å². The number of hydrogen-bond acceptors (Lipinski definition) is 0. The Morgan fingerprint density at radius 3 is 2.10 bits per heavy atom. The Balaban J connectivity index is 1.77. The van der Waals surface area contributed by atoms with Gasteiger partial charge >= 0.3 is 0 Å². The van der Waals surface area contributed by atoms with Crippen LogP contribution in [0.25, 0.3) is 22.8 Å². The van der Waals surface area contributed by atoms with Gasteiger partial charge in [0.2, 0.25) is 0 Å². The summed E-state index contributed by atoms with van der Waals surface area (Å²) in [6, 6.07) is 8.70. The molecule has 4 rings (SSSR count). The molecular weight excluding hydrogens is 383 g/mol. The molecule has 0 atom stereocenters. The second-order valence-electron chi connectivity index (χ2n) is 7.12. The van der Waals surface area contributed by atoms with E-state index in [0.29, 0.717) is 36.0 Å². The SMILES string of the molecule is CCc1cc(F)c(C2=Cc3cc(F)c(-c4ccc(F)c(F)c4)cc3CC2)c(F)c1. The van der Waals surface area contributed by atoms with E-state index in [9.17, 15) is 22.0 Å². The number of halogens is 5. The van der Waals surface area contributed by atoms with Crippen molar-refractivity contribution in [1.29, 1.82) is 0 Å². The number of fused-ring (bicyclic) bond motifs is 1. The van der Waals surface area contributed by atoms with Gasteiger partial charge in [0.1, 0.15) is 17.5 Å². The van der Waals surface area contributed by atoms with Gasteiger partial charge in [-0.25, -0.2) is 22.0 Å². The van der Waals surface area contributed by atoms with Crippen LogP contribution < -0.4 is 0 Å². The minimum Gasteiger partial charge on any atom is -0.206 e. The summed E-state index contributed by atoms with van der Waals surface area (Å²) in [5.74, 6) is -3.93. The molecule has 5 heteroatoms. The number of rotatable bonds is 3. The average Bonchev–Trinajstić information content (AvgIpc) is 2.69. The summed E-state index contributed by atoms with van der Waals surface area (Å²) >= 11 is 0. The molecule has 0 radical (unpaired) electrons. The Kier molecular flexibility index (Phi) is 4.99. The van der Waals surface area contributed by atoms with Crippen molar-refractivity contribution < 1.29 is 22.0 Å². The minimum absolute atomic E-state index is 0.0852. The van der Waals surface area contributed by atoms with Crippen LogP contribution in [0.4, 0.5) is 22.0 Å². The minimum atomic E-state index is -1.05. The molecule has 1 aliphatic carbocycles. The molecule has 0 aromatic heterocycles. The van der Waals surface area contributed by atoms with Gasteiger partial charge in [0.25, 0.3) is 0 Å². The van der Waals surface area contributed by atoms with Crippen LogP contribution in [-0.2, 0) is 12.8 Å². The molecule has 1 aliphatic rings. The fraction of sp³-hybridized carbons (Fsp3) is 0.167. The summed E-state index contributed by atoms with van der Waals surface area (Å²) in [5.41, 5.74) is 2.64. The second kappa shape index (κ2) is 7.47. The molecule has 0 amide bonds. The van der Waals surface area contributed by atoms with Crippen molar-refractivity contribution in [2.45, 2.75) is 26.2 Å². The lowest BCUT2D eigenvalue weighted by atomic mass is 9.86. The summed E-state index contributed by atoms with van der Waals surface area (Å²) in [6.07, 6.45) is 2.94. The molecule has 0 saturated heterocycles. The van der Waals surface area contributed by atoms with Crippen LogP contribution in [-0.4, -0.2) is 0 Å². The Morgan fingerprint density at radius 1 is 0.724 bits per heavy atom. The molecule has 0 fully saturated rings. The maximum Gasteiger partial charge on any atom is 0.159 e. The zero-order chi connectivity index (χ0) is 20.7. The van der Waals surface area contributed by atoms with Crippen molar-refractivity contribution in [3.63, 3.8) is 0 Å². The van der Waals surface area contributed by atoms with Gasteiger partial charge in [0.05, 0.1) is 0 Å². The number of hydrogen-bond donors (Lipinski definition) is 0. The maximum absolute atomic E-state index is 14.7. The van der Waals surface area contributed by atoms with E-state index in [4.69, 9.17) is 0 Å². The quantitative estimate of drug-likeness (QED) is 0.412. The fourth-order valence-electron chi connectivity index (χ4n) is 3.73. The molecule has 0 aliphatic heterocycles. The molecule has 0 bridgehead atoms. The highest BCUT2D eigenvalue weighted by Gasteiger charge is 2.21. The van der Waals surface area contributed by atoms with Crippen molar-refractivity contribution in [3.05, 3.63) is 93.8 Å². The van der Waals surface area contributed by atoms with Crippen LogP contribution in [0.1, 0.15) is 35.6 Å².